The van der Waals surface area contributed by atoms with Gasteiger partial charge in [0.15, 0.2) is 0 Å². The van der Waals surface area contributed by atoms with Crippen molar-refractivity contribution in [2.24, 2.45) is 0 Å². The highest BCUT2D eigenvalue weighted by Gasteiger charge is 2.17. The third-order valence-electron chi connectivity index (χ3n) is 4.99. The van der Waals surface area contributed by atoms with Crippen molar-refractivity contribution in [3.05, 3.63) is 58.3 Å². The van der Waals surface area contributed by atoms with Crippen LogP contribution in [0.25, 0.3) is 0 Å². The van der Waals surface area contributed by atoms with Gasteiger partial charge in [-0.3, -0.25) is 9.59 Å². The van der Waals surface area contributed by atoms with Crippen molar-refractivity contribution in [2.45, 2.75) is 38.6 Å². The Labute approximate surface area is 178 Å². The Morgan fingerprint density at radius 2 is 1.93 bits per heavy atom. The summed E-state index contributed by atoms with van der Waals surface area (Å²) >= 11 is 3.21. The van der Waals surface area contributed by atoms with E-state index in [2.05, 4.69) is 31.5 Å². The van der Waals surface area contributed by atoms with Crippen molar-refractivity contribution in [2.75, 3.05) is 23.3 Å². The summed E-state index contributed by atoms with van der Waals surface area (Å²) in [6.45, 7) is 3.70. The fourth-order valence-corrected chi connectivity index (χ4v) is 3.69. The average Bonchev–Trinajstić information content (AvgIpc) is 3.22. The first kappa shape index (κ1) is 21.3. The molecule has 7 heteroatoms. The second kappa shape index (κ2) is 9.87. The molecular weight excluding hydrogens is 437 g/mol. The number of rotatable bonds is 7. The molecule has 0 aliphatic carbocycles. The number of carbonyl (C=O) groups excluding carboxylic acids is 2. The Morgan fingerprint density at radius 1 is 1.17 bits per heavy atom. The number of aryl methyl sites for hydroxylation is 1. The van der Waals surface area contributed by atoms with Crippen LogP contribution in [0, 0.1) is 5.82 Å². The summed E-state index contributed by atoms with van der Waals surface area (Å²) in [7, 11) is 0. The van der Waals surface area contributed by atoms with E-state index in [0.717, 1.165) is 18.8 Å². The highest BCUT2D eigenvalue weighted by Crippen LogP contribution is 2.23. The van der Waals surface area contributed by atoms with Gasteiger partial charge < -0.3 is 15.5 Å². The number of carbonyl (C=O) groups is 2. The van der Waals surface area contributed by atoms with Crippen LogP contribution in [-0.4, -0.2) is 30.9 Å². The first-order valence-corrected chi connectivity index (χ1v) is 10.6. The molecule has 3 rings (SSSR count). The normalized spacial score (nSPS) is 14.5. The molecule has 1 aliphatic rings. The maximum atomic E-state index is 13.8. The zero-order valence-corrected chi connectivity index (χ0v) is 18.0. The molecule has 2 amide bonds. The van der Waals surface area contributed by atoms with Crippen LogP contribution in [0.3, 0.4) is 0 Å². The second-order valence-electron chi connectivity index (χ2n) is 7.26. The van der Waals surface area contributed by atoms with Gasteiger partial charge in [0.2, 0.25) is 11.8 Å². The Hall–Kier alpha value is -2.41. The minimum Gasteiger partial charge on any atom is -0.371 e. The van der Waals surface area contributed by atoms with E-state index >= 15 is 0 Å². The van der Waals surface area contributed by atoms with Gasteiger partial charge in [0.1, 0.15) is 11.9 Å². The lowest BCUT2D eigenvalue weighted by molar-refractivity contribution is -0.126. The number of halogens is 2. The molecule has 0 bridgehead atoms. The van der Waals surface area contributed by atoms with Crippen molar-refractivity contribution in [1.82, 2.24) is 5.32 Å². The van der Waals surface area contributed by atoms with E-state index in [9.17, 15) is 14.0 Å². The van der Waals surface area contributed by atoms with Gasteiger partial charge in [-0.1, -0.05) is 28.1 Å². The molecule has 1 fully saturated rings. The van der Waals surface area contributed by atoms with E-state index in [-0.39, 0.29) is 30.5 Å². The zero-order valence-electron chi connectivity index (χ0n) is 16.4. The summed E-state index contributed by atoms with van der Waals surface area (Å²) in [6.07, 6.45) is 2.76. The van der Waals surface area contributed by atoms with Crippen LogP contribution in [0.2, 0.25) is 0 Å². The molecule has 0 aromatic heterocycles. The minimum absolute atomic E-state index is 0.112. The molecule has 2 aromatic rings. The molecule has 0 spiro atoms. The van der Waals surface area contributed by atoms with Crippen LogP contribution in [0.1, 0.15) is 31.7 Å². The van der Waals surface area contributed by atoms with Gasteiger partial charge in [-0.2, -0.15) is 0 Å². The summed E-state index contributed by atoms with van der Waals surface area (Å²) in [5.41, 5.74) is 2.27. The monoisotopic (exact) mass is 461 g/mol. The Kier molecular flexibility index (Phi) is 7.25. The standard InChI is InChI=1S/C22H25BrFN3O2/c1-15(25-21(28)10-8-16-7-9-17(23)13-20(16)24)22(29)26-18-5-4-6-19(14-18)27-11-2-3-12-27/h4-7,9,13-15H,2-3,8,10-12H2,1H3,(H,25,28)(H,26,29). The van der Waals surface area contributed by atoms with Crippen LogP contribution in [0.15, 0.2) is 46.9 Å². The summed E-state index contributed by atoms with van der Waals surface area (Å²) in [6, 6.07) is 11.8. The number of amides is 2. The quantitative estimate of drug-likeness (QED) is 0.647. The fraction of sp³-hybridized carbons (Fsp3) is 0.364. The van der Waals surface area contributed by atoms with Crippen molar-refractivity contribution >= 4 is 39.1 Å². The Balaban J connectivity index is 1.49. The van der Waals surface area contributed by atoms with Crippen molar-refractivity contribution in [3.63, 3.8) is 0 Å². The van der Waals surface area contributed by atoms with E-state index in [4.69, 9.17) is 0 Å². The van der Waals surface area contributed by atoms with E-state index < -0.39 is 6.04 Å². The maximum absolute atomic E-state index is 13.8. The molecule has 1 saturated heterocycles. The highest BCUT2D eigenvalue weighted by molar-refractivity contribution is 9.10. The van der Waals surface area contributed by atoms with Crippen molar-refractivity contribution in [1.29, 1.82) is 0 Å². The predicted octanol–water partition coefficient (Wildman–Crippen LogP) is 4.26. The van der Waals surface area contributed by atoms with E-state index in [1.807, 2.05) is 24.3 Å². The molecule has 2 aromatic carbocycles. The predicted molar refractivity (Wildman–Crippen MR) is 117 cm³/mol. The van der Waals surface area contributed by atoms with Crippen LogP contribution >= 0.6 is 15.9 Å². The molecule has 5 nitrogen and oxygen atoms in total. The zero-order chi connectivity index (χ0) is 20.8. The van der Waals surface area contributed by atoms with Crippen LogP contribution < -0.4 is 15.5 Å². The first-order chi connectivity index (χ1) is 13.9. The summed E-state index contributed by atoms with van der Waals surface area (Å²) in [5.74, 6) is -0.927. The van der Waals surface area contributed by atoms with Crippen LogP contribution in [0.5, 0.6) is 0 Å². The van der Waals surface area contributed by atoms with Gasteiger partial charge in [-0.05, 0) is 62.1 Å². The van der Waals surface area contributed by atoms with E-state index in [0.29, 0.717) is 15.7 Å². The topological polar surface area (TPSA) is 61.4 Å². The van der Waals surface area contributed by atoms with E-state index in [1.165, 1.54) is 18.9 Å². The number of benzene rings is 2. The molecule has 0 saturated carbocycles. The molecule has 1 heterocycles. The third-order valence-corrected chi connectivity index (χ3v) is 5.49. The number of nitrogens with zero attached hydrogens (tertiary/aromatic N) is 1. The molecule has 154 valence electrons. The first-order valence-electron chi connectivity index (χ1n) is 9.81. The molecule has 1 aliphatic heterocycles. The Morgan fingerprint density at radius 3 is 2.66 bits per heavy atom. The molecule has 1 atom stereocenters. The van der Waals surface area contributed by atoms with Gasteiger partial charge in [0, 0.05) is 35.4 Å². The molecular formula is C22H25BrFN3O2. The summed E-state index contributed by atoms with van der Waals surface area (Å²) in [5, 5.41) is 5.53. The van der Waals surface area contributed by atoms with Gasteiger partial charge in [0.25, 0.3) is 0 Å². The van der Waals surface area contributed by atoms with Crippen LogP contribution in [-0.2, 0) is 16.0 Å². The van der Waals surface area contributed by atoms with Gasteiger partial charge in [0.05, 0.1) is 0 Å². The fourth-order valence-electron chi connectivity index (χ4n) is 3.36. The summed E-state index contributed by atoms with van der Waals surface area (Å²) < 4.78 is 14.5. The number of anilines is 2. The molecule has 0 radical (unpaired) electrons. The smallest absolute Gasteiger partial charge is 0.246 e. The lowest BCUT2D eigenvalue weighted by atomic mass is 10.1. The van der Waals surface area contributed by atoms with Crippen molar-refractivity contribution in [3.8, 4) is 0 Å². The average molecular weight is 462 g/mol. The lowest BCUT2D eigenvalue weighted by Gasteiger charge is -2.19. The molecule has 2 N–H and O–H groups in total. The minimum atomic E-state index is -0.687. The number of hydrogen-bond acceptors (Lipinski definition) is 3. The highest BCUT2D eigenvalue weighted by atomic mass is 79.9. The second-order valence-corrected chi connectivity index (χ2v) is 8.17. The third kappa shape index (κ3) is 6.03. The number of nitrogens with one attached hydrogen (secondary N) is 2. The lowest BCUT2D eigenvalue weighted by Crippen LogP contribution is -2.41. The number of hydrogen-bond donors (Lipinski definition) is 2. The van der Waals surface area contributed by atoms with E-state index in [1.54, 1.807) is 19.1 Å². The largest absolute Gasteiger partial charge is 0.371 e. The van der Waals surface area contributed by atoms with Gasteiger partial charge >= 0.3 is 0 Å². The Bertz CT molecular complexity index is 884. The van der Waals surface area contributed by atoms with Crippen molar-refractivity contribution < 1.29 is 14.0 Å². The molecule has 29 heavy (non-hydrogen) atoms. The van der Waals surface area contributed by atoms with Gasteiger partial charge in [-0.25, -0.2) is 4.39 Å². The van der Waals surface area contributed by atoms with Crippen LogP contribution in [0.4, 0.5) is 15.8 Å². The SMILES string of the molecule is CC(NC(=O)CCc1ccc(Br)cc1F)C(=O)Nc1cccc(N2CCCC2)c1. The summed E-state index contributed by atoms with van der Waals surface area (Å²) in [4.78, 5) is 26.9. The molecule has 1 unspecified atom stereocenters. The van der Waals surface area contributed by atoms with Gasteiger partial charge in [-0.15, -0.1) is 0 Å². The maximum Gasteiger partial charge on any atom is 0.246 e.